The van der Waals surface area contributed by atoms with Gasteiger partial charge in [-0.1, -0.05) is 18.2 Å². The van der Waals surface area contributed by atoms with Crippen LogP contribution in [0.4, 0.5) is 10.1 Å². The molecule has 0 saturated heterocycles. The monoisotopic (exact) mass is 344 g/mol. The molecule has 0 unspecified atom stereocenters. The number of amides is 2. The van der Waals surface area contributed by atoms with Crippen LogP contribution in [0.1, 0.15) is 17.3 Å². The molecule has 25 heavy (non-hydrogen) atoms. The minimum Gasteiger partial charge on any atom is -0.451 e. The van der Waals surface area contributed by atoms with E-state index >= 15 is 0 Å². The van der Waals surface area contributed by atoms with Crippen LogP contribution in [0.25, 0.3) is 0 Å². The molecule has 0 aromatic heterocycles. The molecule has 0 spiro atoms. The number of carbonyl (C=O) groups is 3. The second-order valence-corrected chi connectivity index (χ2v) is 5.18. The van der Waals surface area contributed by atoms with E-state index in [-0.39, 0.29) is 5.56 Å². The lowest BCUT2D eigenvalue weighted by Crippen LogP contribution is -2.35. The van der Waals surface area contributed by atoms with Crippen molar-refractivity contribution in [3.63, 3.8) is 0 Å². The van der Waals surface area contributed by atoms with Gasteiger partial charge in [0.15, 0.2) is 6.10 Å². The molecular formula is C18H17FN2O4. The first-order valence-electron chi connectivity index (χ1n) is 7.55. The van der Waals surface area contributed by atoms with Gasteiger partial charge >= 0.3 is 5.97 Å². The lowest BCUT2D eigenvalue weighted by atomic mass is 10.2. The fourth-order valence-corrected chi connectivity index (χ4v) is 1.91. The number of anilines is 1. The van der Waals surface area contributed by atoms with Gasteiger partial charge in [-0.15, -0.1) is 0 Å². The second-order valence-electron chi connectivity index (χ2n) is 5.18. The van der Waals surface area contributed by atoms with E-state index in [1.54, 1.807) is 24.3 Å². The number of ether oxygens (including phenoxy) is 1. The number of para-hydroxylation sites is 1. The van der Waals surface area contributed by atoms with Crippen molar-refractivity contribution < 1.29 is 23.5 Å². The lowest BCUT2D eigenvalue weighted by molar-refractivity contribution is -0.152. The molecule has 0 radical (unpaired) electrons. The Kier molecular flexibility index (Phi) is 6.22. The summed E-state index contributed by atoms with van der Waals surface area (Å²) in [5, 5.41) is 4.95. The summed E-state index contributed by atoms with van der Waals surface area (Å²) in [6.07, 6.45) is -1.02. The largest absolute Gasteiger partial charge is 0.451 e. The maximum atomic E-state index is 12.8. The highest BCUT2D eigenvalue weighted by Crippen LogP contribution is 2.07. The Balaban J connectivity index is 1.78. The third-order valence-corrected chi connectivity index (χ3v) is 3.22. The van der Waals surface area contributed by atoms with E-state index in [1.165, 1.54) is 19.1 Å². The molecule has 2 aromatic rings. The van der Waals surface area contributed by atoms with Crippen LogP contribution in [-0.4, -0.2) is 30.4 Å². The highest BCUT2D eigenvalue weighted by Gasteiger charge is 2.18. The van der Waals surface area contributed by atoms with Crippen LogP contribution >= 0.6 is 0 Å². The zero-order valence-electron chi connectivity index (χ0n) is 13.5. The fourth-order valence-electron chi connectivity index (χ4n) is 1.91. The van der Waals surface area contributed by atoms with Crippen LogP contribution in [0.15, 0.2) is 54.6 Å². The summed E-state index contributed by atoms with van der Waals surface area (Å²) in [5.74, 6) is -2.25. The Morgan fingerprint density at radius 1 is 1.04 bits per heavy atom. The number of rotatable bonds is 6. The van der Waals surface area contributed by atoms with Gasteiger partial charge in [0.2, 0.25) is 0 Å². The first kappa shape index (κ1) is 18.1. The number of benzene rings is 2. The Bertz CT molecular complexity index is 747. The Hall–Kier alpha value is -3.22. The Labute approximate surface area is 144 Å². The molecule has 0 bridgehead atoms. The highest BCUT2D eigenvalue weighted by atomic mass is 19.1. The van der Waals surface area contributed by atoms with Crippen LogP contribution in [0.5, 0.6) is 0 Å². The van der Waals surface area contributed by atoms with Crippen LogP contribution in [0.3, 0.4) is 0 Å². The molecule has 2 rings (SSSR count). The molecule has 0 heterocycles. The zero-order chi connectivity index (χ0) is 18.2. The first-order chi connectivity index (χ1) is 12.0. The van der Waals surface area contributed by atoms with E-state index < -0.39 is 36.2 Å². The molecule has 0 saturated carbocycles. The molecule has 0 aliphatic rings. The summed E-state index contributed by atoms with van der Waals surface area (Å²) >= 11 is 0. The van der Waals surface area contributed by atoms with Gasteiger partial charge in [-0.05, 0) is 43.3 Å². The van der Waals surface area contributed by atoms with Gasteiger partial charge in [0.25, 0.3) is 11.8 Å². The summed E-state index contributed by atoms with van der Waals surface area (Å²) < 4.78 is 17.8. The number of hydrogen-bond acceptors (Lipinski definition) is 4. The highest BCUT2D eigenvalue weighted by molar-refractivity contribution is 5.97. The third-order valence-electron chi connectivity index (χ3n) is 3.22. The van der Waals surface area contributed by atoms with Crippen molar-refractivity contribution in [3.05, 3.63) is 66.0 Å². The standard InChI is InChI=1S/C18H17FN2O4/c1-12(17(23)21-15-5-3-2-4-6-15)25-16(22)11-20-18(24)13-7-9-14(19)10-8-13/h2-10,12H,11H2,1H3,(H,20,24)(H,21,23)/t12-/m0/s1. The number of halogens is 1. The minimum atomic E-state index is -1.02. The molecule has 0 aliphatic carbocycles. The maximum absolute atomic E-state index is 12.8. The van der Waals surface area contributed by atoms with Crippen molar-refractivity contribution in [2.45, 2.75) is 13.0 Å². The molecule has 0 fully saturated rings. The average molecular weight is 344 g/mol. The summed E-state index contributed by atoms with van der Waals surface area (Å²) in [5.41, 5.74) is 0.795. The van der Waals surface area contributed by atoms with Crippen LogP contribution in [0.2, 0.25) is 0 Å². The van der Waals surface area contributed by atoms with Gasteiger partial charge in [-0.2, -0.15) is 0 Å². The molecule has 7 heteroatoms. The number of carbonyl (C=O) groups excluding carboxylic acids is 3. The fraction of sp³-hybridized carbons (Fsp3) is 0.167. The van der Waals surface area contributed by atoms with E-state index in [4.69, 9.17) is 4.74 Å². The van der Waals surface area contributed by atoms with E-state index in [0.717, 1.165) is 12.1 Å². The van der Waals surface area contributed by atoms with Crippen molar-refractivity contribution in [1.29, 1.82) is 0 Å². The summed E-state index contributed by atoms with van der Waals surface area (Å²) in [6, 6.07) is 13.6. The predicted octanol–water partition coefficient (Wildman–Crippen LogP) is 2.13. The molecule has 0 aliphatic heterocycles. The Morgan fingerprint density at radius 2 is 1.68 bits per heavy atom. The third kappa shape index (κ3) is 5.72. The summed E-state index contributed by atoms with van der Waals surface area (Å²) in [6.45, 7) is 1.02. The number of nitrogens with one attached hydrogen (secondary N) is 2. The van der Waals surface area contributed by atoms with Crippen LogP contribution < -0.4 is 10.6 Å². The normalized spacial score (nSPS) is 11.3. The van der Waals surface area contributed by atoms with Gasteiger partial charge < -0.3 is 15.4 Å². The molecule has 2 amide bonds. The zero-order valence-corrected chi connectivity index (χ0v) is 13.5. The minimum absolute atomic E-state index is 0.212. The molecule has 6 nitrogen and oxygen atoms in total. The van der Waals surface area contributed by atoms with Crippen molar-refractivity contribution >= 4 is 23.5 Å². The van der Waals surface area contributed by atoms with Crippen molar-refractivity contribution in [2.24, 2.45) is 0 Å². The van der Waals surface area contributed by atoms with E-state index in [1.807, 2.05) is 6.07 Å². The van der Waals surface area contributed by atoms with Gasteiger partial charge in [0.05, 0.1) is 0 Å². The molecule has 2 N–H and O–H groups in total. The van der Waals surface area contributed by atoms with Gasteiger partial charge in [0.1, 0.15) is 12.4 Å². The Morgan fingerprint density at radius 3 is 2.32 bits per heavy atom. The van der Waals surface area contributed by atoms with E-state index in [2.05, 4.69) is 10.6 Å². The molecular weight excluding hydrogens is 327 g/mol. The van der Waals surface area contributed by atoms with Crippen molar-refractivity contribution in [3.8, 4) is 0 Å². The van der Waals surface area contributed by atoms with Crippen molar-refractivity contribution in [2.75, 3.05) is 11.9 Å². The number of esters is 1. The summed E-state index contributed by atoms with van der Waals surface area (Å²) in [4.78, 5) is 35.5. The molecule has 2 aromatic carbocycles. The average Bonchev–Trinajstić information content (AvgIpc) is 2.61. The smallest absolute Gasteiger partial charge is 0.326 e. The molecule has 1 atom stereocenters. The molecule has 130 valence electrons. The van der Waals surface area contributed by atoms with Crippen LogP contribution in [-0.2, 0) is 14.3 Å². The first-order valence-corrected chi connectivity index (χ1v) is 7.55. The van der Waals surface area contributed by atoms with Gasteiger partial charge in [-0.3, -0.25) is 14.4 Å². The predicted molar refractivity (Wildman–Crippen MR) is 89.4 cm³/mol. The lowest BCUT2D eigenvalue weighted by Gasteiger charge is -2.13. The van der Waals surface area contributed by atoms with E-state index in [0.29, 0.717) is 5.69 Å². The maximum Gasteiger partial charge on any atom is 0.326 e. The second kappa shape index (κ2) is 8.58. The topological polar surface area (TPSA) is 84.5 Å². The van der Waals surface area contributed by atoms with Crippen molar-refractivity contribution in [1.82, 2.24) is 5.32 Å². The summed E-state index contributed by atoms with van der Waals surface area (Å²) in [7, 11) is 0. The van der Waals surface area contributed by atoms with Gasteiger partial charge in [0, 0.05) is 11.3 Å². The number of hydrogen-bond donors (Lipinski definition) is 2. The van der Waals surface area contributed by atoms with Gasteiger partial charge in [-0.25, -0.2) is 4.39 Å². The van der Waals surface area contributed by atoms with Crippen LogP contribution in [0, 0.1) is 5.82 Å². The quantitative estimate of drug-likeness (QED) is 0.786. The SMILES string of the molecule is C[C@H](OC(=O)CNC(=O)c1ccc(F)cc1)C(=O)Nc1ccccc1. The van der Waals surface area contributed by atoms with E-state index in [9.17, 15) is 18.8 Å².